The fraction of sp³-hybridized carbons (Fsp3) is 0.300. The van der Waals surface area contributed by atoms with E-state index in [1.807, 2.05) is 55.5 Å². The van der Waals surface area contributed by atoms with Gasteiger partial charge in [0.05, 0.1) is 18.9 Å². The molecule has 1 amide bonds. The second-order valence-corrected chi connectivity index (χ2v) is 5.92. The van der Waals surface area contributed by atoms with Crippen LogP contribution < -0.4 is 5.32 Å². The van der Waals surface area contributed by atoms with Gasteiger partial charge < -0.3 is 10.4 Å². The number of carboxylic acid groups (broad SMARTS) is 1. The third kappa shape index (κ3) is 4.95. The van der Waals surface area contributed by atoms with Crippen LogP contribution in [0.5, 0.6) is 0 Å². The molecule has 0 aliphatic rings. The van der Waals surface area contributed by atoms with E-state index >= 15 is 0 Å². The number of carbonyl (C=O) groups is 2. The Morgan fingerprint density at radius 2 is 1.79 bits per heavy atom. The number of carbonyl (C=O) groups excluding carboxylic acids is 1. The molecule has 0 saturated heterocycles. The van der Waals surface area contributed by atoms with E-state index in [4.69, 9.17) is 5.11 Å². The van der Waals surface area contributed by atoms with Crippen LogP contribution in [0, 0.1) is 6.92 Å². The molecule has 4 heteroatoms. The molecule has 2 N–H and O–H groups in total. The number of aliphatic carboxylic acids is 1. The number of benzene rings is 2. The van der Waals surface area contributed by atoms with Gasteiger partial charge in [0.2, 0.25) is 5.91 Å². The van der Waals surface area contributed by atoms with Crippen LogP contribution in [0.25, 0.3) is 0 Å². The zero-order valence-electron chi connectivity index (χ0n) is 14.1. The Morgan fingerprint density at radius 3 is 2.46 bits per heavy atom. The first-order chi connectivity index (χ1) is 11.5. The van der Waals surface area contributed by atoms with Crippen molar-refractivity contribution in [1.29, 1.82) is 0 Å². The summed E-state index contributed by atoms with van der Waals surface area (Å²) in [6.07, 6.45) is 1.03. The van der Waals surface area contributed by atoms with Crippen molar-refractivity contribution in [2.45, 2.75) is 39.2 Å². The average molecular weight is 325 g/mol. The van der Waals surface area contributed by atoms with Crippen molar-refractivity contribution in [3.8, 4) is 0 Å². The van der Waals surface area contributed by atoms with Crippen LogP contribution in [0.2, 0.25) is 0 Å². The SMILES string of the molecule is CCc1cccc(CC(=O)NC(CC(=O)O)c2ccccc2C)c1. The topological polar surface area (TPSA) is 66.4 Å². The molecule has 0 spiro atoms. The molecule has 0 heterocycles. The Bertz CT molecular complexity index is 724. The van der Waals surface area contributed by atoms with E-state index in [2.05, 4.69) is 12.2 Å². The molecule has 2 rings (SSSR count). The van der Waals surface area contributed by atoms with Crippen LogP contribution in [0.1, 0.15) is 41.6 Å². The van der Waals surface area contributed by atoms with E-state index in [0.717, 1.165) is 23.1 Å². The highest BCUT2D eigenvalue weighted by Crippen LogP contribution is 2.21. The van der Waals surface area contributed by atoms with Crippen molar-refractivity contribution < 1.29 is 14.7 Å². The summed E-state index contributed by atoms with van der Waals surface area (Å²) in [5.41, 5.74) is 3.93. The predicted molar refractivity (Wildman–Crippen MR) is 93.8 cm³/mol. The van der Waals surface area contributed by atoms with Gasteiger partial charge in [-0.3, -0.25) is 9.59 Å². The molecule has 0 aliphatic heterocycles. The molecular formula is C20H23NO3. The van der Waals surface area contributed by atoms with E-state index < -0.39 is 12.0 Å². The van der Waals surface area contributed by atoms with Crippen LogP contribution in [-0.2, 0) is 22.4 Å². The van der Waals surface area contributed by atoms with Gasteiger partial charge in [-0.25, -0.2) is 0 Å². The minimum absolute atomic E-state index is 0.133. The van der Waals surface area contributed by atoms with Gasteiger partial charge in [0.25, 0.3) is 0 Å². The van der Waals surface area contributed by atoms with E-state index in [1.54, 1.807) is 0 Å². The van der Waals surface area contributed by atoms with Crippen LogP contribution in [0.15, 0.2) is 48.5 Å². The molecule has 0 aliphatic carbocycles. The molecule has 0 radical (unpaired) electrons. The lowest BCUT2D eigenvalue weighted by atomic mass is 9.98. The molecule has 0 saturated carbocycles. The van der Waals surface area contributed by atoms with E-state index in [-0.39, 0.29) is 18.7 Å². The fourth-order valence-corrected chi connectivity index (χ4v) is 2.78. The minimum atomic E-state index is -0.934. The monoisotopic (exact) mass is 325 g/mol. The maximum Gasteiger partial charge on any atom is 0.305 e. The molecule has 2 aromatic carbocycles. The lowest BCUT2D eigenvalue weighted by molar-refractivity contribution is -0.137. The van der Waals surface area contributed by atoms with Crippen LogP contribution >= 0.6 is 0 Å². The van der Waals surface area contributed by atoms with Gasteiger partial charge in [-0.05, 0) is 35.6 Å². The summed E-state index contributed by atoms with van der Waals surface area (Å²) in [4.78, 5) is 23.6. The summed E-state index contributed by atoms with van der Waals surface area (Å²) in [6.45, 7) is 3.99. The highest BCUT2D eigenvalue weighted by atomic mass is 16.4. The normalized spacial score (nSPS) is 11.8. The molecule has 0 fully saturated rings. The summed E-state index contributed by atoms with van der Waals surface area (Å²) in [6, 6.07) is 14.9. The Morgan fingerprint density at radius 1 is 1.08 bits per heavy atom. The molecule has 1 atom stereocenters. The molecule has 0 bridgehead atoms. The van der Waals surface area contributed by atoms with E-state index in [1.165, 1.54) is 5.56 Å². The molecule has 24 heavy (non-hydrogen) atoms. The van der Waals surface area contributed by atoms with Gasteiger partial charge in [-0.2, -0.15) is 0 Å². The van der Waals surface area contributed by atoms with Crippen molar-refractivity contribution >= 4 is 11.9 Å². The summed E-state index contributed by atoms with van der Waals surface area (Å²) >= 11 is 0. The van der Waals surface area contributed by atoms with E-state index in [0.29, 0.717) is 0 Å². The molecule has 4 nitrogen and oxygen atoms in total. The first-order valence-electron chi connectivity index (χ1n) is 8.14. The Hall–Kier alpha value is -2.62. The molecule has 2 aromatic rings. The van der Waals surface area contributed by atoms with Gasteiger partial charge in [0.1, 0.15) is 0 Å². The van der Waals surface area contributed by atoms with Crippen molar-refractivity contribution in [2.24, 2.45) is 0 Å². The highest BCUT2D eigenvalue weighted by molar-refractivity contribution is 5.80. The first-order valence-corrected chi connectivity index (χ1v) is 8.14. The number of hydrogen-bond donors (Lipinski definition) is 2. The predicted octanol–water partition coefficient (Wildman–Crippen LogP) is 3.43. The zero-order chi connectivity index (χ0) is 17.5. The maximum atomic E-state index is 12.4. The minimum Gasteiger partial charge on any atom is -0.481 e. The highest BCUT2D eigenvalue weighted by Gasteiger charge is 2.19. The lowest BCUT2D eigenvalue weighted by Gasteiger charge is -2.19. The fourth-order valence-electron chi connectivity index (χ4n) is 2.78. The number of rotatable bonds is 7. The number of hydrogen-bond acceptors (Lipinski definition) is 2. The molecule has 1 unspecified atom stereocenters. The van der Waals surface area contributed by atoms with Crippen LogP contribution in [0.3, 0.4) is 0 Å². The lowest BCUT2D eigenvalue weighted by Crippen LogP contribution is -2.31. The second kappa shape index (κ2) is 8.29. The van der Waals surface area contributed by atoms with Crippen molar-refractivity contribution in [3.63, 3.8) is 0 Å². The van der Waals surface area contributed by atoms with Gasteiger partial charge in [0, 0.05) is 0 Å². The Balaban J connectivity index is 2.12. The molecule has 0 aromatic heterocycles. The second-order valence-electron chi connectivity index (χ2n) is 5.92. The first kappa shape index (κ1) is 17.7. The number of amides is 1. The number of aryl methyl sites for hydroxylation is 2. The van der Waals surface area contributed by atoms with Gasteiger partial charge in [-0.1, -0.05) is 55.5 Å². The number of carboxylic acids is 1. The largest absolute Gasteiger partial charge is 0.481 e. The quantitative estimate of drug-likeness (QED) is 0.819. The summed E-state index contributed by atoms with van der Waals surface area (Å²) in [5, 5.41) is 12.0. The Labute approximate surface area is 142 Å². The summed E-state index contributed by atoms with van der Waals surface area (Å²) in [5.74, 6) is -1.10. The third-order valence-corrected chi connectivity index (χ3v) is 4.04. The number of nitrogens with one attached hydrogen (secondary N) is 1. The molecule has 126 valence electrons. The van der Waals surface area contributed by atoms with Gasteiger partial charge in [0.15, 0.2) is 0 Å². The van der Waals surface area contributed by atoms with Gasteiger partial charge >= 0.3 is 5.97 Å². The van der Waals surface area contributed by atoms with Crippen LogP contribution in [0.4, 0.5) is 0 Å². The van der Waals surface area contributed by atoms with Crippen molar-refractivity contribution in [2.75, 3.05) is 0 Å². The van der Waals surface area contributed by atoms with Crippen LogP contribution in [-0.4, -0.2) is 17.0 Å². The smallest absolute Gasteiger partial charge is 0.305 e. The standard InChI is InChI=1S/C20H23NO3/c1-3-15-8-6-9-16(11-15)12-19(22)21-18(13-20(23)24)17-10-5-4-7-14(17)2/h4-11,18H,3,12-13H2,1-2H3,(H,21,22)(H,23,24). The van der Waals surface area contributed by atoms with Crippen molar-refractivity contribution in [3.05, 3.63) is 70.8 Å². The maximum absolute atomic E-state index is 12.4. The van der Waals surface area contributed by atoms with E-state index in [9.17, 15) is 9.59 Å². The summed E-state index contributed by atoms with van der Waals surface area (Å²) in [7, 11) is 0. The summed E-state index contributed by atoms with van der Waals surface area (Å²) < 4.78 is 0. The van der Waals surface area contributed by atoms with Crippen molar-refractivity contribution in [1.82, 2.24) is 5.32 Å². The van der Waals surface area contributed by atoms with Gasteiger partial charge in [-0.15, -0.1) is 0 Å². The Kier molecular flexibility index (Phi) is 6.13. The zero-order valence-corrected chi connectivity index (χ0v) is 14.1. The molecular weight excluding hydrogens is 302 g/mol. The average Bonchev–Trinajstić information content (AvgIpc) is 2.54. The third-order valence-electron chi connectivity index (χ3n) is 4.04.